The van der Waals surface area contributed by atoms with E-state index in [-0.39, 0.29) is 24.0 Å². The van der Waals surface area contributed by atoms with E-state index in [1.807, 2.05) is 19.1 Å². The maximum absolute atomic E-state index is 11.5. The normalized spacial score (nSPS) is 26.3. The summed E-state index contributed by atoms with van der Waals surface area (Å²) in [6, 6.07) is 0. The number of hydrogen-bond acceptors (Lipinski definition) is 2. The third kappa shape index (κ3) is 3.50. The van der Waals surface area contributed by atoms with E-state index in [1.54, 1.807) is 0 Å². The summed E-state index contributed by atoms with van der Waals surface area (Å²) in [6.07, 6.45) is 7.15. The first-order valence-electron chi connectivity index (χ1n) is 5.54. The number of carbonyl (C=O) groups excluding carboxylic acids is 1. The summed E-state index contributed by atoms with van der Waals surface area (Å²) in [5, 5.41) is 8.72. The molecule has 0 heterocycles. The van der Waals surface area contributed by atoms with E-state index < -0.39 is 5.97 Å². The third-order valence-electron chi connectivity index (χ3n) is 2.97. The SMILES string of the molecule is CC/C=C/C[C@H]1C(=O)CC[C@H]1CC(=O)O. The van der Waals surface area contributed by atoms with E-state index in [1.165, 1.54) is 0 Å². The van der Waals surface area contributed by atoms with Gasteiger partial charge in [-0.25, -0.2) is 0 Å². The third-order valence-corrected chi connectivity index (χ3v) is 2.97. The van der Waals surface area contributed by atoms with Gasteiger partial charge in [0.25, 0.3) is 0 Å². The van der Waals surface area contributed by atoms with E-state index >= 15 is 0 Å². The summed E-state index contributed by atoms with van der Waals surface area (Å²) < 4.78 is 0. The molecule has 0 bridgehead atoms. The highest BCUT2D eigenvalue weighted by molar-refractivity contribution is 5.84. The fraction of sp³-hybridized carbons (Fsp3) is 0.667. The molecule has 1 aliphatic carbocycles. The Morgan fingerprint density at radius 1 is 1.53 bits per heavy atom. The zero-order valence-electron chi connectivity index (χ0n) is 9.11. The van der Waals surface area contributed by atoms with Gasteiger partial charge in [-0.05, 0) is 25.2 Å². The van der Waals surface area contributed by atoms with Gasteiger partial charge in [-0.2, -0.15) is 0 Å². The average molecular weight is 210 g/mol. The van der Waals surface area contributed by atoms with Crippen molar-refractivity contribution < 1.29 is 14.7 Å². The van der Waals surface area contributed by atoms with Gasteiger partial charge in [0.2, 0.25) is 0 Å². The smallest absolute Gasteiger partial charge is 0.303 e. The molecular weight excluding hydrogens is 192 g/mol. The molecule has 0 unspecified atom stereocenters. The maximum Gasteiger partial charge on any atom is 0.303 e. The number of carboxylic acids is 1. The van der Waals surface area contributed by atoms with E-state index in [9.17, 15) is 9.59 Å². The molecule has 3 nitrogen and oxygen atoms in total. The fourth-order valence-corrected chi connectivity index (χ4v) is 2.18. The molecule has 3 heteroatoms. The Balaban J connectivity index is 2.52. The lowest BCUT2D eigenvalue weighted by atomic mass is 9.89. The second-order valence-electron chi connectivity index (χ2n) is 4.08. The van der Waals surface area contributed by atoms with Gasteiger partial charge >= 0.3 is 5.97 Å². The van der Waals surface area contributed by atoms with Crippen LogP contribution in [0.3, 0.4) is 0 Å². The Morgan fingerprint density at radius 2 is 2.27 bits per heavy atom. The zero-order chi connectivity index (χ0) is 11.3. The number of rotatable bonds is 5. The van der Waals surface area contributed by atoms with Gasteiger partial charge in [0.05, 0.1) is 0 Å². The van der Waals surface area contributed by atoms with Gasteiger partial charge in [0, 0.05) is 18.8 Å². The van der Waals surface area contributed by atoms with Crippen molar-refractivity contribution in [3.63, 3.8) is 0 Å². The van der Waals surface area contributed by atoms with Crippen LogP contribution in [-0.4, -0.2) is 16.9 Å². The lowest BCUT2D eigenvalue weighted by molar-refractivity contribution is -0.138. The topological polar surface area (TPSA) is 54.4 Å². The van der Waals surface area contributed by atoms with E-state index in [0.29, 0.717) is 12.8 Å². The van der Waals surface area contributed by atoms with Crippen molar-refractivity contribution in [3.8, 4) is 0 Å². The molecule has 0 aliphatic heterocycles. The molecule has 1 saturated carbocycles. The summed E-state index contributed by atoms with van der Waals surface area (Å²) >= 11 is 0. The van der Waals surface area contributed by atoms with Gasteiger partial charge in [0.1, 0.15) is 5.78 Å². The van der Waals surface area contributed by atoms with Crippen molar-refractivity contribution in [2.75, 3.05) is 0 Å². The van der Waals surface area contributed by atoms with Crippen LogP contribution >= 0.6 is 0 Å². The van der Waals surface area contributed by atoms with Gasteiger partial charge < -0.3 is 5.11 Å². The van der Waals surface area contributed by atoms with Crippen molar-refractivity contribution in [1.82, 2.24) is 0 Å². The number of hydrogen-bond donors (Lipinski definition) is 1. The van der Waals surface area contributed by atoms with Gasteiger partial charge in [0.15, 0.2) is 0 Å². The summed E-state index contributed by atoms with van der Waals surface area (Å²) in [7, 11) is 0. The second-order valence-corrected chi connectivity index (χ2v) is 4.08. The molecule has 1 rings (SSSR count). The molecule has 84 valence electrons. The minimum Gasteiger partial charge on any atom is -0.481 e. The Morgan fingerprint density at radius 3 is 2.87 bits per heavy atom. The highest BCUT2D eigenvalue weighted by Gasteiger charge is 2.34. The first kappa shape index (κ1) is 12.0. The quantitative estimate of drug-likeness (QED) is 0.709. The molecule has 1 fully saturated rings. The first-order chi connectivity index (χ1) is 7.15. The Bertz CT molecular complexity index is 268. The van der Waals surface area contributed by atoms with Crippen molar-refractivity contribution in [3.05, 3.63) is 12.2 Å². The highest BCUT2D eigenvalue weighted by atomic mass is 16.4. The van der Waals surface area contributed by atoms with Gasteiger partial charge in [-0.3, -0.25) is 9.59 Å². The molecule has 1 N–H and O–H groups in total. The predicted molar refractivity (Wildman–Crippen MR) is 57.5 cm³/mol. The molecular formula is C12H18O3. The monoisotopic (exact) mass is 210 g/mol. The van der Waals surface area contributed by atoms with Crippen LogP contribution in [-0.2, 0) is 9.59 Å². The van der Waals surface area contributed by atoms with Crippen LogP contribution in [0.1, 0.15) is 39.0 Å². The minimum atomic E-state index is -0.792. The summed E-state index contributed by atoms with van der Waals surface area (Å²) in [5.41, 5.74) is 0. The van der Waals surface area contributed by atoms with E-state index in [4.69, 9.17) is 5.11 Å². The lowest BCUT2D eigenvalue weighted by Crippen LogP contribution is -2.17. The first-order valence-corrected chi connectivity index (χ1v) is 5.54. The molecule has 0 aromatic heterocycles. The molecule has 1 aliphatic rings. The lowest BCUT2D eigenvalue weighted by Gasteiger charge is -2.14. The molecule has 0 saturated heterocycles. The van der Waals surface area contributed by atoms with Crippen LogP contribution < -0.4 is 0 Å². The van der Waals surface area contributed by atoms with E-state index in [0.717, 1.165) is 12.8 Å². The van der Waals surface area contributed by atoms with Crippen LogP contribution in [0.2, 0.25) is 0 Å². The van der Waals surface area contributed by atoms with Crippen molar-refractivity contribution in [1.29, 1.82) is 0 Å². The van der Waals surface area contributed by atoms with Gasteiger partial charge in [-0.15, -0.1) is 0 Å². The van der Waals surface area contributed by atoms with Crippen molar-refractivity contribution in [2.45, 2.75) is 39.0 Å². The Labute approximate surface area is 90.2 Å². The number of carbonyl (C=O) groups is 2. The summed E-state index contributed by atoms with van der Waals surface area (Å²) in [5.74, 6) is -0.554. The summed E-state index contributed by atoms with van der Waals surface area (Å²) in [4.78, 5) is 22.1. The second kappa shape index (κ2) is 5.69. The molecule has 0 radical (unpaired) electrons. The number of aliphatic carboxylic acids is 1. The van der Waals surface area contributed by atoms with Crippen molar-refractivity contribution >= 4 is 11.8 Å². The maximum atomic E-state index is 11.5. The molecule has 0 amide bonds. The van der Waals surface area contributed by atoms with Crippen LogP contribution in [0.15, 0.2) is 12.2 Å². The number of allylic oxidation sites excluding steroid dienone is 2. The zero-order valence-corrected chi connectivity index (χ0v) is 9.11. The Hall–Kier alpha value is -1.12. The fourth-order valence-electron chi connectivity index (χ4n) is 2.18. The van der Waals surface area contributed by atoms with Crippen LogP contribution in [0.4, 0.5) is 0 Å². The number of ketones is 1. The molecule has 0 aromatic rings. The minimum absolute atomic E-state index is 0.0519. The summed E-state index contributed by atoms with van der Waals surface area (Å²) in [6.45, 7) is 2.04. The number of carboxylic acid groups (broad SMARTS) is 1. The largest absolute Gasteiger partial charge is 0.481 e. The highest BCUT2D eigenvalue weighted by Crippen LogP contribution is 2.33. The molecule has 2 atom stereocenters. The Kier molecular flexibility index (Phi) is 4.53. The van der Waals surface area contributed by atoms with Crippen LogP contribution in [0, 0.1) is 11.8 Å². The predicted octanol–water partition coefficient (Wildman–Crippen LogP) is 2.41. The molecule has 15 heavy (non-hydrogen) atoms. The molecule has 0 aromatic carbocycles. The standard InChI is InChI=1S/C12H18O3/c1-2-3-4-5-10-9(8-12(14)15)6-7-11(10)13/h3-4,9-10H,2,5-8H2,1H3,(H,14,15)/b4-3+/t9-,10+/m0/s1. The number of Topliss-reactive ketones (excluding diaryl/α,β-unsaturated/α-hetero) is 1. The average Bonchev–Trinajstić information content (AvgIpc) is 2.49. The van der Waals surface area contributed by atoms with Crippen molar-refractivity contribution in [2.24, 2.45) is 11.8 Å². The van der Waals surface area contributed by atoms with Gasteiger partial charge in [-0.1, -0.05) is 19.1 Å². The molecule has 0 spiro atoms. The van der Waals surface area contributed by atoms with Crippen LogP contribution in [0.5, 0.6) is 0 Å². The van der Waals surface area contributed by atoms with Crippen LogP contribution in [0.25, 0.3) is 0 Å². The van der Waals surface area contributed by atoms with E-state index in [2.05, 4.69) is 0 Å².